The standard InChI is InChI=1S/C24H26N4/c1-13-17-5-7-19(25-17)14(2)21-9-11-23(27-21)16(4)24-12-10-22(28-24)15(3)20-8-6-18(13)26-20/h5-9,11,22,24-25,28H,10,12H2,1-4H3. The summed E-state index contributed by atoms with van der Waals surface area (Å²) in [7, 11) is 0. The number of aliphatic imine (C=N–C) groups is 2. The molecule has 4 aliphatic rings. The van der Waals surface area contributed by atoms with Crippen molar-refractivity contribution in [3.05, 3.63) is 69.7 Å². The fraction of sp³-hybridized carbons (Fsp3) is 0.333. The minimum Gasteiger partial charge on any atom is -0.355 e. The topological polar surface area (TPSA) is 52.5 Å². The highest BCUT2D eigenvalue weighted by atomic mass is 15.0. The first-order valence-electron chi connectivity index (χ1n) is 10.1. The third-order valence-corrected chi connectivity index (χ3v) is 6.54. The first-order chi connectivity index (χ1) is 13.5. The molecule has 0 amide bonds. The summed E-state index contributed by atoms with van der Waals surface area (Å²) in [5.74, 6) is 0. The summed E-state index contributed by atoms with van der Waals surface area (Å²) in [6.07, 6.45) is 10.9. The molecule has 2 unspecified atom stereocenters. The molecule has 0 aliphatic carbocycles. The van der Waals surface area contributed by atoms with Gasteiger partial charge < -0.3 is 10.3 Å². The molecule has 4 aliphatic heterocycles. The van der Waals surface area contributed by atoms with Crippen molar-refractivity contribution >= 4 is 22.6 Å². The zero-order valence-corrected chi connectivity index (χ0v) is 16.9. The molecular formula is C24H26N4. The van der Waals surface area contributed by atoms with Crippen molar-refractivity contribution in [1.82, 2.24) is 10.3 Å². The molecule has 5 rings (SSSR count). The van der Waals surface area contributed by atoms with Gasteiger partial charge in [0.05, 0.1) is 22.8 Å². The maximum Gasteiger partial charge on any atom is 0.0687 e. The van der Waals surface area contributed by atoms with Gasteiger partial charge in [0.2, 0.25) is 0 Å². The Bertz CT molecular complexity index is 1090. The molecule has 1 fully saturated rings. The number of fused-ring (bicyclic) bond motifs is 6. The molecule has 8 bridgehead atoms. The van der Waals surface area contributed by atoms with Crippen LogP contribution < -0.4 is 16.0 Å². The van der Waals surface area contributed by atoms with E-state index in [-0.39, 0.29) is 0 Å². The second-order valence-electron chi connectivity index (χ2n) is 8.18. The second-order valence-corrected chi connectivity index (χ2v) is 8.18. The summed E-state index contributed by atoms with van der Waals surface area (Å²) in [6, 6.07) is 5.02. The van der Waals surface area contributed by atoms with Crippen LogP contribution in [0.25, 0.3) is 11.1 Å². The number of rotatable bonds is 0. The van der Waals surface area contributed by atoms with Gasteiger partial charge in [0, 0.05) is 22.8 Å². The molecule has 5 heterocycles. The average Bonchev–Trinajstić information content (AvgIpc) is 3.49. The van der Waals surface area contributed by atoms with Gasteiger partial charge in [-0.15, -0.1) is 0 Å². The number of allylic oxidation sites excluding steroid dienone is 4. The lowest BCUT2D eigenvalue weighted by Gasteiger charge is -2.17. The third kappa shape index (κ3) is 2.71. The van der Waals surface area contributed by atoms with Crippen LogP contribution in [0.1, 0.15) is 40.5 Å². The monoisotopic (exact) mass is 370 g/mol. The van der Waals surface area contributed by atoms with E-state index in [1.807, 2.05) is 0 Å². The van der Waals surface area contributed by atoms with Crippen molar-refractivity contribution < 1.29 is 0 Å². The van der Waals surface area contributed by atoms with Crippen LogP contribution in [-0.2, 0) is 0 Å². The number of hydrogen-bond acceptors (Lipinski definition) is 3. The second kappa shape index (κ2) is 6.42. The van der Waals surface area contributed by atoms with E-state index in [4.69, 9.17) is 9.98 Å². The summed E-state index contributed by atoms with van der Waals surface area (Å²) >= 11 is 0. The highest BCUT2D eigenvalue weighted by Gasteiger charge is 2.29. The van der Waals surface area contributed by atoms with Gasteiger partial charge in [-0.3, -0.25) is 0 Å². The zero-order chi connectivity index (χ0) is 19.4. The predicted octanol–water partition coefficient (Wildman–Crippen LogP) is 3.06. The van der Waals surface area contributed by atoms with Crippen molar-refractivity contribution in [2.45, 2.75) is 52.6 Å². The maximum atomic E-state index is 4.94. The van der Waals surface area contributed by atoms with Crippen molar-refractivity contribution in [3.63, 3.8) is 0 Å². The lowest BCUT2D eigenvalue weighted by molar-refractivity contribution is 0.622. The molecule has 0 radical (unpaired) electrons. The summed E-state index contributed by atoms with van der Waals surface area (Å²) in [6.45, 7) is 8.70. The predicted molar refractivity (Wildman–Crippen MR) is 117 cm³/mol. The number of aromatic amines is 1. The lowest BCUT2D eigenvalue weighted by atomic mass is 10.0. The molecule has 1 aromatic rings. The number of H-pyrrole nitrogens is 1. The third-order valence-electron chi connectivity index (χ3n) is 6.54. The van der Waals surface area contributed by atoms with Crippen LogP contribution in [-0.4, -0.2) is 28.5 Å². The quantitative estimate of drug-likeness (QED) is 0.725. The van der Waals surface area contributed by atoms with E-state index in [0.717, 1.165) is 46.4 Å². The Morgan fingerprint density at radius 3 is 1.64 bits per heavy atom. The molecule has 1 aromatic heterocycles. The SMILES string of the molecule is CC1=C2C=CC(=N2)C(C)=c2ccc([nH]2)=C(C)C2=NC(=C(C)C3CCC1N3)C=C2. The molecule has 0 spiro atoms. The molecule has 28 heavy (non-hydrogen) atoms. The fourth-order valence-electron chi connectivity index (χ4n) is 4.47. The van der Waals surface area contributed by atoms with Crippen molar-refractivity contribution in [1.29, 1.82) is 0 Å². The van der Waals surface area contributed by atoms with E-state index in [9.17, 15) is 0 Å². The Morgan fingerprint density at radius 1 is 0.714 bits per heavy atom. The van der Waals surface area contributed by atoms with Gasteiger partial charge in [0.15, 0.2) is 0 Å². The minimum absolute atomic E-state index is 0.371. The van der Waals surface area contributed by atoms with E-state index in [2.05, 4.69) is 74.4 Å². The summed E-state index contributed by atoms with van der Waals surface area (Å²) in [5, 5.41) is 6.04. The maximum absolute atomic E-state index is 4.94. The van der Waals surface area contributed by atoms with Gasteiger partial charge in [-0.05, 0) is 99.3 Å². The molecular weight excluding hydrogens is 344 g/mol. The number of hydrogen-bond donors (Lipinski definition) is 2. The largest absolute Gasteiger partial charge is 0.355 e. The molecule has 142 valence electrons. The minimum atomic E-state index is 0.371. The van der Waals surface area contributed by atoms with Gasteiger partial charge in [0.25, 0.3) is 0 Å². The zero-order valence-electron chi connectivity index (χ0n) is 16.9. The van der Waals surface area contributed by atoms with Gasteiger partial charge >= 0.3 is 0 Å². The molecule has 4 nitrogen and oxygen atoms in total. The van der Waals surface area contributed by atoms with Crippen LogP contribution in [0.15, 0.2) is 69.0 Å². The van der Waals surface area contributed by atoms with Gasteiger partial charge in [-0.2, -0.15) is 0 Å². The Balaban J connectivity index is 1.75. The van der Waals surface area contributed by atoms with Crippen LogP contribution in [0.5, 0.6) is 0 Å². The van der Waals surface area contributed by atoms with E-state index < -0.39 is 0 Å². The summed E-state index contributed by atoms with van der Waals surface area (Å²) in [5.41, 5.74) is 9.27. The first-order valence-corrected chi connectivity index (χ1v) is 10.1. The van der Waals surface area contributed by atoms with Gasteiger partial charge in [-0.25, -0.2) is 9.98 Å². The molecule has 4 heteroatoms. The fourth-order valence-corrected chi connectivity index (χ4v) is 4.47. The van der Waals surface area contributed by atoms with E-state index in [0.29, 0.717) is 12.1 Å². The first kappa shape index (κ1) is 17.4. The van der Waals surface area contributed by atoms with Crippen LogP contribution in [0.2, 0.25) is 0 Å². The van der Waals surface area contributed by atoms with Crippen molar-refractivity contribution in [2.75, 3.05) is 0 Å². The van der Waals surface area contributed by atoms with E-state index in [1.54, 1.807) is 0 Å². The molecule has 1 saturated heterocycles. The molecule has 0 aromatic carbocycles. The summed E-state index contributed by atoms with van der Waals surface area (Å²) in [4.78, 5) is 13.4. The Kier molecular flexibility index (Phi) is 3.98. The van der Waals surface area contributed by atoms with Crippen LogP contribution in [0.3, 0.4) is 0 Å². The number of nitrogens with zero attached hydrogens (tertiary/aromatic N) is 2. The highest BCUT2D eigenvalue weighted by Crippen LogP contribution is 2.30. The average molecular weight is 371 g/mol. The summed E-state index contributed by atoms with van der Waals surface area (Å²) < 4.78 is 0. The molecule has 0 saturated carbocycles. The van der Waals surface area contributed by atoms with Gasteiger partial charge in [-0.1, -0.05) is 0 Å². The van der Waals surface area contributed by atoms with Crippen LogP contribution in [0.4, 0.5) is 0 Å². The van der Waals surface area contributed by atoms with Crippen molar-refractivity contribution in [3.8, 4) is 0 Å². The number of aromatic nitrogens is 1. The van der Waals surface area contributed by atoms with E-state index in [1.165, 1.54) is 22.3 Å². The Morgan fingerprint density at radius 2 is 1.18 bits per heavy atom. The molecule has 2 N–H and O–H groups in total. The molecule has 2 atom stereocenters. The van der Waals surface area contributed by atoms with Crippen LogP contribution >= 0.6 is 0 Å². The van der Waals surface area contributed by atoms with Crippen molar-refractivity contribution in [2.24, 2.45) is 9.98 Å². The highest BCUT2D eigenvalue weighted by molar-refractivity contribution is 6.26. The number of nitrogens with one attached hydrogen (secondary N) is 2. The lowest BCUT2D eigenvalue weighted by Crippen LogP contribution is -2.31. The Labute approximate surface area is 165 Å². The van der Waals surface area contributed by atoms with Gasteiger partial charge in [0.1, 0.15) is 0 Å². The smallest absolute Gasteiger partial charge is 0.0687 e. The van der Waals surface area contributed by atoms with Crippen LogP contribution in [0, 0.1) is 0 Å². The normalized spacial score (nSPS) is 26.6. The Hall–Kier alpha value is -2.72. The van der Waals surface area contributed by atoms with E-state index >= 15 is 0 Å².